The minimum Gasteiger partial charge on any atom is -0.318 e. The molecule has 0 spiro atoms. The van der Waals surface area contributed by atoms with Crippen molar-refractivity contribution in [3.8, 4) is 0 Å². The molecule has 0 saturated carbocycles. The highest BCUT2D eigenvalue weighted by Crippen LogP contribution is 1.58. The van der Waals surface area contributed by atoms with Crippen LogP contribution in [-0.4, -0.2) is 26.1 Å². The molecule has 0 aromatic carbocycles. The van der Waals surface area contributed by atoms with Crippen LogP contribution in [0.5, 0.6) is 0 Å². The first kappa shape index (κ1) is 6.34. The molecule has 0 aromatic heterocycles. The van der Waals surface area contributed by atoms with Crippen molar-refractivity contribution >= 4 is 6.01 Å². The van der Waals surface area contributed by atoms with E-state index < -0.39 is 0 Å². The maximum Gasteiger partial charge on any atom is 0.0862 e. The molecule has 0 fully saturated rings. The normalized spacial score (nSPS) is 7.57. The molecular formula is C4H9N3. The lowest BCUT2D eigenvalue weighted by atomic mass is 10.7. The third-order valence-corrected chi connectivity index (χ3v) is 0.553. The average Bonchev–Trinajstić information content (AvgIpc) is 1.69. The average molecular weight is 99.1 g/mol. The lowest BCUT2D eigenvalue weighted by Crippen LogP contribution is -2.09. The van der Waals surface area contributed by atoms with Gasteiger partial charge >= 0.3 is 0 Å². The molecule has 0 aliphatic carbocycles. The summed E-state index contributed by atoms with van der Waals surface area (Å²) < 4.78 is 0. The van der Waals surface area contributed by atoms with Crippen LogP contribution in [0, 0.1) is 5.41 Å². The molecule has 0 rings (SSSR count). The van der Waals surface area contributed by atoms with Crippen LogP contribution in [0.1, 0.15) is 0 Å². The first-order valence-electron chi connectivity index (χ1n) is 2.14. The van der Waals surface area contributed by atoms with Crippen LogP contribution in [-0.2, 0) is 0 Å². The monoisotopic (exact) mass is 99.1 g/mol. The van der Waals surface area contributed by atoms with Gasteiger partial charge in [0.15, 0.2) is 0 Å². The molecule has 3 nitrogen and oxygen atoms in total. The smallest absolute Gasteiger partial charge is 0.0862 e. The summed E-state index contributed by atoms with van der Waals surface area (Å²) in [5.41, 5.74) is 0. The number of aliphatic imine (C=N–C) groups is 1. The number of hydrogen-bond acceptors (Lipinski definition) is 3. The first-order chi connectivity index (χ1) is 3.41. The van der Waals surface area contributed by atoms with Gasteiger partial charge in [-0.1, -0.05) is 0 Å². The van der Waals surface area contributed by atoms with E-state index in [1.807, 2.05) is 13.1 Å². The zero-order valence-electron chi connectivity index (χ0n) is 4.36. The maximum absolute atomic E-state index is 6.34. The summed E-state index contributed by atoms with van der Waals surface area (Å²) in [5.74, 6) is 0. The molecule has 2 N–H and O–H groups in total. The minimum atomic E-state index is 0.653. The Hall–Kier alpha value is -0.660. The van der Waals surface area contributed by atoms with E-state index >= 15 is 0 Å². The zero-order valence-corrected chi connectivity index (χ0v) is 4.36. The summed E-state index contributed by atoms with van der Waals surface area (Å²) >= 11 is 0. The van der Waals surface area contributed by atoms with Gasteiger partial charge in [-0.2, -0.15) is 0 Å². The van der Waals surface area contributed by atoms with Gasteiger partial charge in [0.2, 0.25) is 0 Å². The van der Waals surface area contributed by atoms with Crippen molar-refractivity contribution in [2.75, 3.05) is 20.1 Å². The van der Waals surface area contributed by atoms with E-state index in [0.717, 1.165) is 6.54 Å². The second-order valence-corrected chi connectivity index (χ2v) is 1.10. The third-order valence-electron chi connectivity index (χ3n) is 0.553. The van der Waals surface area contributed by atoms with Gasteiger partial charge < -0.3 is 5.32 Å². The van der Waals surface area contributed by atoms with E-state index in [2.05, 4.69) is 10.3 Å². The molecule has 7 heavy (non-hydrogen) atoms. The quantitative estimate of drug-likeness (QED) is 0.378. The third kappa shape index (κ3) is 5.34. The largest absolute Gasteiger partial charge is 0.318 e. The summed E-state index contributed by atoms with van der Waals surface area (Å²) in [6, 6.07) is 1.94. The zero-order chi connectivity index (χ0) is 5.54. The molecule has 3 heteroatoms. The molecular weight excluding hydrogens is 90.1 g/mol. The molecule has 0 aliphatic rings. The summed E-state index contributed by atoms with van der Waals surface area (Å²) in [7, 11) is 1.85. The SMILES string of the molecule is CNCCN=C=N. The predicted molar refractivity (Wildman–Crippen MR) is 28.9 cm³/mol. The molecule has 40 valence electrons. The van der Waals surface area contributed by atoms with E-state index in [9.17, 15) is 0 Å². The van der Waals surface area contributed by atoms with Crippen molar-refractivity contribution in [2.45, 2.75) is 0 Å². The van der Waals surface area contributed by atoms with Gasteiger partial charge in [-0.15, -0.1) is 0 Å². The van der Waals surface area contributed by atoms with Crippen LogP contribution >= 0.6 is 0 Å². The Morgan fingerprint density at radius 1 is 1.86 bits per heavy atom. The maximum atomic E-state index is 6.34. The van der Waals surface area contributed by atoms with Crippen molar-refractivity contribution in [3.63, 3.8) is 0 Å². The Labute approximate surface area is 43.0 Å². The highest BCUT2D eigenvalue weighted by molar-refractivity contribution is 5.35. The number of hydrogen-bond donors (Lipinski definition) is 2. The highest BCUT2D eigenvalue weighted by atomic mass is 14.9. The summed E-state index contributed by atoms with van der Waals surface area (Å²) in [6.45, 7) is 1.48. The fraction of sp³-hybridized carbons (Fsp3) is 0.750. The number of rotatable bonds is 3. The minimum absolute atomic E-state index is 0.653. The predicted octanol–water partition coefficient (Wildman–Crippen LogP) is -0.0415. The van der Waals surface area contributed by atoms with Crippen LogP contribution in [0.15, 0.2) is 4.99 Å². The Balaban J connectivity index is 2.83. The summed E-state index contributed by atoms with van der Waals surface area (Å²) in [5, 5.41) is 9.22. The van der Waals surface area contributed by atoms with Crippen molar-refractivity contribution in [3.05, 3.63) is 0 Å². The van der Waals surface area contributed by atoms with E-state index in [1.54, 1.807) is 0 Å². The van der Waals surface area contributed by atoms with Gasteiger partial charge in [-0.25, -0.2) is 10.4 Å². The second kappa shape index (κ2) is 5.34. The van der Waals surface area contributed by atoms with Crippen LogP contribution in [0.3, 0.4) is 0 Å². The molecule has 0 aliphatic heterocycles. The number of nitrogens with zero attached hydrogens (tertiary/aromatic N) is 1. The molecule has 0 amide bonds. The summed E-state index contributed by atoms with van der Waals surface area (Å²) in [6.07, 6.45) is 0. The van der Waals surface area contributed by atoms with Crippen molar-refractivity contribution in [1.29, 1.82) is 5.41 Å². The number of likely N-dealkylation sites (N-methyl/N-ethyl adjacent to an activating group) is 1. The van der Waals surface area contributed by atoms with Gasteiger partial charge in [-0.3, -0.25) is 0 Å². The van der Waals surface area contributed by atoms with Crippen molar-refractivity contribution < 1.29 is 0 Å². The van der Waals surface area contributed by atoms with E-state index in [-0.39, 0.29) is 0 Å². The van der Waals surface area contributed by atoms with Crippen LogP contribution < -0.4 is 5.32 Å². The van der Waals surface area contributed by atoms with Crippen LogP contribution in [0.25, 0.3) is 0 Å². The number of nitrogens with one attached hydrogen (secondary N) is 2. The molecule has 0 atom stereocenters. The highest BCUT2D eigenvalue weighted by Gasteiger charge is 1.71. The molecule has 0 unspecified atom stereocenters. The second-order valence-electron chi connectivity index (χ2n) is 1.10. The van der Waals surface area contributed by atoms with E-state index in [0.29, 0.717) is 6.54 Å². The Bertz CT molecular complexity index is 73.0. The summed E-state index contributed by atoms with van der Waals surface area (Å²) in [4.78, 5) is 3.52. The van der Waals surface area contributed by atoms with Gasteiger partial charge in [0.05, 0.1) is 12.6 Å². The molecule has 0 saturated heterocycles. The van der Waals surface area contributed by atoms with Gasteiger partial charge in [0, 0.05) is 6.54 Å². The topological polar surface area (TPSA) is 48.2 Å². The van der Waals surface area contributed by atoms with E-state index in [4.69, 9.17) is 5.41 Å². The van der Waals surface area contributed by atoms with Crippen LogP contribution in [0.4, 0.5) is 0 Å². The lowest BCUT2D eigenvalue weighted by Gasteiger charge is -1.85. The molecule has 0 heterocycles. The Kier molecular flexibility index (Phi) is 4.84. The van der Waals surface area contributed by atoms with Gasteiger partial charge in [-0.05, 0) is 7.05 Å². The molecule has 0 radical (unpaired) electrons. The van der Waals surface area contributed by atoms with Crippen LogP contribution in [0.2, 0.25) is 0 Å². The van der Waals surface area contributed by atoms with Crippen molar-refractivity contribution in [1.82, 2.24) is 5.32 Å². The fourth-order valence-electron chi connectivity index (χ4n) is 0.224. The Morgan fingerprint density at radius 3 is 3.00 bits per heavy atom. The lowest BCUT2D eigenvalue weighted by molar-refractivity contribution is 0.804. The fourth-order valence-corrected chi connectivity index (χ4v) is 0.224. The Morgan fingerprint density at radius 2 is 2.57 bits per heavy atom. The first-order valence-corrected chi connectivity index (χ1v) is 2.14. The van der Waals surface area contributed by atoms with Gasteiger partial charge in [0.25, 0.3) is 0 Å². The molecule has 0 aromatic rings. The molecule has 0 bridgehead atoms. The van der Waals surface area contributed by atoms with Crippen molar-refractivity contribution in [2.24, 2.45) is 4.99 Å². The van der Waals surface area contributed by atoms with Gasteiger partial charge in [0.1, 0.15) is 0 Å². The standard InChI is InChI=1S/C4H9N3/c1-6-2-3-7-4-5/h5-6H,2-3H2,1H3. The van der Waals surface area contributed by atoms with E-state index in [1.165, 1.54) is 0 Å².